The van der Waals surface area contributed by atoms with Gasteiger partial charge in [-0.05, 0) is 48.2 Å². The first-order valence-corrected chi connectivity index (χ1v) is 9.43. The van der Waals surface area contributed by atoms with Crippen LogP contribution in [-0.4, -0.2) is 32.2 Å². The lowest BCUT2D eigenvalue weighted by molar-refractivity contribution is -0.119. The van der Waals surface area contributed by atoms with E-state index in [0.29, 0.717) is 19.6 Å². The minimum atomic E-state index is -0.347. The molecule has 0 radical (unpaired) electrons. The molecule has 0 unspecified atom stereocenters. The van der Waals surface area contributed by atoms with Crippen LogP contribution in [0.5, 0.6) is 5.75 Å². The first-order valence-electron chi connectivity index (χ1n) is 9.05. The van der Waals surface area contributed by atoms with E-state index in [1.165, 1.54) is 0 Å². The summed E-state index contributed by atoms with van der Waals surface area (Å²) < 4.78 is 11.1. The molecule has 2 rings (SSSR count). The van der Waals surface area contributed by atoms with E-state index in [0.717, 1.165) is 39.4 Å². The zero-order valence-electron chi connectivity index (χ0n) is 16.2. The maximum Gasteiger partial charge on any atom is 0.226 e. The van der Waals surface area contributed by atoms with E-state index in [-0.39, 0.29) is 18.3 Å². The molecule has 0 aliphatic carbocycles. The minimum Gasteiger partial charge on any atom is -0.493 e. The summed E-state index contributed by atoms with van der Waals surface area (Å²) in [6.45, 7) is 3.12. The summed E-state index contributed by atoms with van der Waals surface area (Å²) in [4.78, 5) is 11.7. The van der Waals surface area contributed by atoms with Crippen LogP contribution in [0, 0.1) is 12.3 Å². The van der Waals surface area contributed by atoms with Crippen molar-refractivity contribution >= 4 is 23.5 Å². The SMILES string of the molecule is COCCCOc1cc(CCC(=O)NC(=N)N)ccc1-c1ccc(Cl)c(C)c1. The first kappa shape index (κ1) is 21.7. The molecule has 0 saturated heterocycles. The number of amides is 1. The van der Waals surface area contributed by atoms with Gasteiger partial charge in [-0.1, -0.05) is 29.8 Å². The normalized spacial score (nSPS) is 10.5. The molecule has 28 heavy (non-hydrogen) atoms. The van der Waals surface area contributed by atoms with Crippen LogP contribution in [0.4, 0.5) is 0 Å². The molecule has 0 fully saturated rings. The van der Waals surface area contributed by atoms with E-state index in [1.807, 2.05) is 43.3 Å². The molecule has 0 aromatic heterocycles. The van der Waals surface area contributed by atoms with Crippen LogP contribution in [0.2, 0.25) is 5.02 Å². The molecular weight excluding hydrogens is 378 g/mol. The van der Waals surface area contributed by atoms with Gasteiger partial charge in [0.2, 0.25) is 5.91 Å². The number of hydrogen-bond donors (Lipinski definition) is 3. The van der Waals surface area contributed by atoms with E-state index in [9.17, 15) is 4.79 Å². The van der Waals surface area contributed by atoms with Gasteiger partial charge in [0.15, 0.2) is 5.96 Å². The summed E-state index contributed by atoms with van der Waals surface area (Å²) >= 11 is 6.15. The molecule has 0 aliphatic rings. The Morgan fingerprint density at radius 3 is 2.68 bits per heavy atom. The van der Waals surface area contributed by atoms with Gasteiger partial charge in [0.05, 0.1) is 6.61 Å². The fourth-order valence-corrected chi connectivity index (χ4v) is 2.87. The Labute approximate surface area is 170 Å². The highest BCUT2D eigenvalue weighted by Gasteiger charge is 2.11. The minimum absolute atomic E-state index is 0.238. The van der Waals surface area contributed by atoms with Gasteiger partial charge in [-0.2, -0.15) is 0 Å². The number of carbonyl (C=O) groups excluding carboxylic acids is 1. The highest BCUT2D eigenvalue weighted by atomic mass is 35.5. The molecule has 0 spiro atoms. The van der Waals surface area contributed by atoms with Crippen molar-refractivity contribution in [2.45, 2.75) is 26.2 Å². The fraction of sp³-hybridized carbons (Fsp3) is 0.333. The predicted octanol–water partition coefficient (Wildman–Crippen LogP) is 3.67. The van der Waals surface area contributed by atoms with Crippen LogP contribution >= 0.6 is 11.6 Å². The van der Waals surface area contributed by atoms with Gasteiger partial charge in [0.1, 0.15) is 5.75 Å². The Kier molecular flexibility index (Phi) is 8.29. The van der Waals surface area contributed by atoms with E-state index in [1.54, 1.807) is 7.11 Å². The van der Waals surface area contributed by atoms with Crippen molar-refractivity contribution in [2.75, 3.05) is 20.3 Å². The van der Waals surface area contributed by atoms with Crippen LogP contribution in [0.15, 0.2) is 36.4 Å². The molecule has 6 nitrogen and oxygen atoms in total. The second-order valence-electron chi connectivity index (χ2n) is 6.45. The van der Waals surface area contributed by atoms with Crippen molar-refractivity contribution in [3.05, 3.63) is 52.5 Å². The number of hydrogen-bond acceptors (Lipinski definition) is 4. The summed E-state index contributed by atoms with van der Waals surface area (Å²) in [7, 11) is 1.66. The summed E-state index contributed by atoms with van der Waals surface area (Å²) in [5, 5.41) is 10.1. The first-order chi connectivity index (χ1) is 13.4. The van der Waals surface area contributed by atoms with Gasteiger partial charge in [0, 0.05) is 37.1 Å². The Hall–Kier alpha value is -2.57. The maximum absolute atomic E-state index is 11.7. The number of nitrogens with two attached hydrogens (primary N) is 1. The Morgan fingerprint density at radius 1 is 1.21 bits per heavy atom. The van der Waals surface area contributed by atoms with Gasteiger partial charge in [-0.15, -0.1) is 0 Å². The zero-order valence-corrected chi connectivity index (χ0v) is 16.9. The Bertz CT molecular complexity index is 840. The van der Waals surface area contributed by atoms with Gasteiger partial charge in [-0.3, -0.25) is 15.5 Å². The topological polar surface area (TPSA) is 97.4 Å². The molecular formula is C21H26ClN3O3. The summed E-state index contributed by atoms with van der Waals surface area (Å²) in [5.41, 5.74) is 9.13. The fourth-order valence-electron chi connectivity index (χ4n) is 2.75. The Morgan fingerprint density at radius 2 is 2.00 bits per heavy atom. The van der Waals surface area contributed by atoms with Crippen molar-refractivity contribution in [1.29, 1.82) is 5.41 Å². The monoisotopic (exact) mass is 403 g/mol. The maximum atomic E-state index is 11.7. The zero-order chi connectivity index (χ0) is 20.5. The van der Waals surface area contributed by atoms with E-state index in [2.05, 4.69) is 5.32 Å². The number of benzene rings is 2. The molecule has 1 amide bonds. The average molecular weight is 404 g/mol. The van der Waals surface area contributed by atoms with Crippen molar-refractivity contribution in [1.82, 2.24) is 5.32 Å². The number of nitrogens with one attached hydrogen (secondary N) is 2. The largest absolute Gasteiger partial charge is 0.493 e. The van der Waals surface area contributed by atoms with Crippen molar-refractivity contribution < 1.29 is 14.3 Å². The number of ether oxygens (including phenoxy) is 2. The molecule has 0 aliphatic heterocycles. The van der Waals surface area contributed by atoms with Crippen LogP contribution in [0.25, 0.3) is 11.1 Å². The molecule has 0 heterocycles. The third-order valence-electron chi connectivity index (χ3n) is 4.18. The van der Waals surface area contributed by atoms with E-state index >= 15 is 0 Å². The molecule has 150 valence electrons. The number of rotatable bonds is 9. The number of guanidine groups is 1. The van der Waals surface area contributed by atoms with Gasteiger partial charge in [0.25, 0.3) is 0 Å². The molecule has 0 bridgehead atoms. The number of carbonyl (C=O) groups is 1. The Balaban J connectivity index is 2.21. The smallest absolute Gasteiger partial charge is 0.226 e. The van der Waals surface area contributed by atoms with Crippen LogP contribution in [0.3, 0.4) is 0 Å². The van der Waals surface area contributed by atoms with Crippen molar-refractivity contribution in [3.8, 4) is 16.9 Å². The highest BCUT2D eigenvalue weighted by Crippen LogP contribution is 2.33. The lowest BCUT2D eigenvalue weighted by Gasteiger charge is -2.14. The molecule has 2 aromatic carbocycles. The lowest BCUT2D eigenvalue weighted by Crippen LogP contribution is -2.35. The van der Waals surface area contributed by atoms with Gasteiger partial charge >= 0.3 is 0 Å². The second kappa shape index (κ2) is 10.7. The second-order valence-corrected chi connectivity index (χ2v) is 6.86. The van der Waals surface area contributed by atoms with Crippen LogP contribution in [-0.2, 0) is 16.0 Å². The summed E-state index contributed by atoms with van der Waals surface area (Å²) in [6.07, 6.45) is 1.54. The average Bonchev–Trinajstić information content (AvgIpc) is 2.65. The van der Waals surface area contributed by atoms with Crippen molar-refractivity contribution in [3.63, 3.8) is 0 Å². The highest BCUT2D eigenvalue weighted by molar-refractivity contribution is 6.31. The molecule has 0 atom stereocenters. The van der Waals surface area contributed by atoms with E-state index < -0.39 is 0 Å². The standard InChI is InChI=1S/C21H26ClN3O3/c1-14-12-16(6-8-18(14)22)17-7-4-15(5-9-20(26)25-21(23)24)13-19(17)28-11-3-10-27-2/h4,6-8,12-13H,3,5,9-11H2,1-2H3,(H4,23,24,25,26). The summed E-state index contributed by atoms with van der Waals surface area (Å²) in [5.74, 6) is 0.121. The van der Waals surface area contributed by atoms with Crippen molar-refractivity contribution in [2.24, 2.45) is 5.73 Å². The van der Waals surface area contributed by atoms with Gasteiger partial charge in [-0.25, -0.2) is 0 Å². The van der Waals surface area contributed by atoms with Crippen LogP contribution < -0.4 is 15.8 Å². The third kappa shape index (κ3) is 6.55. The molecule has 2 aromatic rings. The lowest BCUT2D eigenvalue weighted by atomic mass is 9.99. The third-order valence-corrected chi connectivity index (χ3v) is 4.60. The number of methoxy groups -OCH3 is 1. The quantitative estimate of drug-likeness (QED) is 0.338. The molecule has 7 heteroatoms. The summed E-state index contributed by atoms with van der Waals surface area (Å²) in [6, 6.07) is 11.8. The molecule has 4 N–H and O–H groups in total. The molecule has 0 saturated carbocycles. The number of halogens is 1. The predicted molar refractivity (Wildman–Crippen MR) is 112 cm³/mol. The van der Waals surface area contributed by atoms with E-state index in [4.69, 9.17) is 32.2 Å². The number of aryl methyl sites for hydroxylation is 2. The van der Waals surface area contributed by atoms with Crippen LogP contribution in [0.1, 0.15) is 24.0 Å². The van der Waals surface area contributed by atoms with Gasteiger partial charge < -0.3 is 15.2 Å².